The molecular formula is C15H28N2O3. The molecule has 2 aliphatic rings. The molecule has 0 aromatic heterocycles. The number of rotatable bonds is 4. The molecule has 0 aromatic carbocycles. The number of nitrogens with zero attached hydrogens (tertiary/aromatic N) is 1. The van der Waals surface area contributed by atoms with E-state index in [-0.39, 0.29) is 18.2 Å². The molecule has 0 radical (unpaired) electrons. The van der Waals surface area contributed by atoms with E-state index in [0.29, 0.717) is 18.9 Å². The van der Waals surface area contributed by atoms with Crippen molar-refractivity contribution in [2.75, 3.05) is 13.1 Å². The third-order valence-electron chi connectivity index (χ3n) is 4.43. The molecule has 4 atom stereocenters. The van der Waals surface area contributed by atoms with Crippen molar-refractivity contribution in [3.05, 3.63) is 0 Å². The fourth-order valence-corrected chi connectivity index (χ4v) is 3.79. The number of carboxylic acids is 1. The zero-order valence-corrected chi connectivity index (χ0v) is 13.1. The lowest BCUT2D eigenvalue weighted by molar-refractivity contribution is -0.145. The van der Waals surface area contributed by atoms with Crippen LogP contribution in [0.25, 0.3) is 0 Å². The van der Waals surface area contributed by atoms with Gasteiger partial charge in [0.2, 0.25) is 0 Å². The van der Waals surface area contributed by atoms with E-state index in [2.05, 4.69) is 24.1 Å². The molecule has 116 valence electrons. The van der Waals surface area contributed by atoms with Gasteiger partial charge in [0.1, 0.15) is 5.54 Å². The first-order valence-corrected chi connectivity index (χ1v) is 7.73. The highest BCUT2D eigenvalue weighted by molar-refractivity contribution is 5.79. The van der Waals surface area contributed by atoms with Crippen molar-refractivity contribution in [3.63, 3.8) is 0 Å². The zero-order valence-electron chi connectivity index (χ0n) is 13.1. The van der Waals surface area contributed by atoms with Gasteiger partial charge in [-0.2, -0.15) is 0 Å². The van der Waals surface area contributed by atoms with E-state index in [1.54, 1.807) is 0 Å². The number of carboxylic acid groups (broad SMARTS) is 1. The largest absolute Gasteiger partial charge is 0.480 e. The van der Waals surface area contributed by atoms with Crippen molar-refractivity contribution < 1.29 is 14.6 Å². The van der Waals surface area contributed by atoms with E-state index in [9.17, 15) is 9.90 Å². The molecule has 5 heteroatoms. The van der Waals surface area contributed by atoms with Gasteiger partial charge >= 0.3 is 5.97 Å². The van der Waals surface area contributed by atoms with E-state index in [0.717, 1.165) is 19.5 Å². The minimum atomic E-state index is -0.746. The van der Waals surface area contributed by atoms with Gasteiger partial charge < -0.3 is 9.84 Å². The number of nitrogens with one attached hydrogen (secondary N) is 1. The maximum atomic E-state index is 11.7. The molecule has 2 fully saturated rings. The summed E-state index contributed by atoms with van der Waals surface area (Å²) in [6.45, 7) is 10.0. The first kappa shape index (κ1) is 15.7. The Morgan fingerprint density at radius 3 is 2.45 bits per heavy atom. The Morgan fingerprint density at radius 1 is 1.35 bits per heavy atom. The first-order valence-electron chi connectivity index (χ1n) is 7.73. The van der Waals surface area contributed by atoms with E-state index < -0.39 is 11.5 Å². The fraction of sp³-hybridized carbons (Fsp3) is 0.933. The number of ether oxygens (including phenoxy) is 1. The summed E-state index contributed by atoms with van der Waals surface area (Å²) in [4.78, 5) is 14.1. The van der Waals surface area contributed by atoms with E-state index in [1.165, 1.54) is 0 Å². The summed E-state index contributed by atoms with van der Waals surface area (Å²) in [6, 6.07) is 0.540. The predicted molar refractivity (Wildman–Crippen MR) is 77.9 cm³/mol. The minimum Gasteiger partial charge on any atom is -0.480 e. The number of hydrogen-bond donors (Lipinski definition) is 2. The van der Waals surface area contributed by atoms with Crippen molar-refractivity contribution in [3.8, 4) is 0 Å². The normalized spacial score (nSPS) is 39.4. The van der Waals surface area contributed by atoms with Crippen LogP contribution in [0.4, 0.5) is 0 Å². The maximum Gasteiger partial charge on any atom is 0.323 e. The summed E-state index contributed by atoms with van der Waals surface area (Å²) in [5, 5.41) is 12.9. The van der Waals surface area contributed by atoms with Crippen molar-refractivity contribution >= 4 is 5.97 Å². The van der Waals surface area contributed by atoms with Crippen LogP contribution in [0, 0.1) is 0 Å². The highest BCUT2D eigenvalue weighted by Gasteiger charge is 2.47. The number of carbonyl (C=O) groups is 1. The molecule has 4 unspecified atom stereocenters. The van der Waals surface area contributed by atoms with Crippen LogP contribution in [0.5, 0.6) is 0 Å². The summed E-state index contributed by atoms with van der Waals surface area (Å²) in [5.41, 5.74) is -0.746. The van der Waals surface area contributed by atoms with Gasteiger partial charge in [0.05, 0.1) is 12.2 Å². The Morgan fingerprint density at radius 2 is 1.95 bits per heavy atom. The second kappa shape index (κ2) is 6.00. The molecular weight excluding hydrogens is 256 g/mol. The number of morpholine rings is 1. The molecule has 20 heavy (non-hydrogen) atoms. The first-order chi connectivity index (χ1) is 9.32. The molecule has 0 bridgehead atoms. The SMILES string of the molecule is CC(C)NC1(C(=O)O)CCC(N2CC(C)OC(C)C2)C1. The highest BCUT2D eigenvalue weighted by atomic mass is 16.5. The Hall–Kier alpha value is -0.650. The second-order valence-corrected chi connectivity index (χ2v) is 6.79. The smallest absolute Gasteiger partial charge is 0.323 e. The second-order valence-electron chi connectivity index (χ2n) is 6.79. The predicted octanol–water partition coefficient (Wildman–Crippen LogP) is 1.47. The Kier molecular flexibility index (Phi) is 4.72. The van der Waals surface area contributed by atoms with Gasteiger partial charge in [-0.05, 0) is 47.0 Å². The molecule has 1 heterocycles. The van der Waals surface area contributed by atoms with Crippen LogP contribution < -0.4 is 5.32 Å². The number of hydrogen-bond acceptors (Lipinski definition) is 4. The van der Waals surface area contributed by atoms with E-state index >= 15 is 0 Å². The lowest BCUT2D eigenvalue weighted by Crippen LogP contribution is -2.55. The van der Waals surface area contributed by atoms with Crippen molar-refractivity contribution in [2.45, 2.75) is 76.8 Å². The van der Waals surface area contributed by atoms with Crippen LogP contribution in [0.3, 0.4) is 0 Å². The van der Waals surface area contributed by atoms with Crippen LogP contribution in [-0.4, -0.2) is 58.9 Å². The summed E-state index contributed by atoms with van der Waals surface area (Å²) < 4.78 is 5.77. The molecule has 2 rings (SSSR count). The summed E-state index contributed by atoms with van der Waals surface area (Å²) in [5.74, 6) is -0.706. The topological polar surface area (TPSA) is 61.8 Å². The van der Waals surface area contributed by atoms with Crippen molar-refractivity contribution in [1.82, 2.24) is 10.2 Å². The highest BCUT2D eigenvalue weighted by Crippen LogP contribution is 2.35. The van der Waals surface area contributed by atoms with Crippen LogP contribution in [0.2, 0.25) is 0 Å². The average molecular weight is 284 g/mol. The molecule has 1 aliphatic carbocycles. The molecule has 1 aliphatic heterocycles. The Balaban J connectivity index is 2.04. The summed E-state index contributed by atoms with van der Waals surface area (Å²) in [7, 11) is 0. The van der Waals surface area contributed by atoms with Crippen LogP contribution in [-0.2, 0) is 9.53 Å². The molecule has 0 aromatic rings. The van der Waals surface area contributed by atoms with Crippen LogP contribution >= 0.6 is 0 Å². The standard InChI is InChI=1S/C15H28N2O3/c1-10(2)16-15(14(18)19)6-5-13(7-15)17-8-11(3)20-12(4)9-17/h10-13,16H,5-9H2,1-4H3,(H,18,19). The zero-order chi connectivity index (χ0) is 14.9. The van der Waals surface area contributed by atoms with Gasteiger partial charge in [0.15, 0.2) is 0 Å². The van der Waals surface area contributed by atoms with E-state index in [4.69, 9.17) is 4.74 Å². The van der Waals surface area contributed by atoms with Gasteiger partial charge in [-0.1, -0.05) is 0 Å². The third-order valence-corrected chi connectivity index (χ3v) is 4.43. The molecule has 0 spiro atoms. The van der Waals surface area contributed by atoms with Gasteiger partial charge in [-0.15, -0.1) is 0 Å². The Labute approximate surface area is 121 Å². The third kappa shape index (κ3) is 3.32. The van der Waals surface area contributed by atoms with Gasteiger partial charge in [0, 0.05) is 25.2 Å². The van der Waals surface area contributed by atoms with Gasteiger partial charge in [-0.25, -0.2) is 0 Å². The average Bonchev–Trinajstić information content (AvgIpc) is 2.72. The lowest BCUT2D eigenvalue weighted by Gasteiger charge is -2.39. The molecule has 5 nitrogen and oxygen atoms in total. The van der Waals surface area contributed by atoms with Crippen molar-refractivity contribution in [1.29, 1.82) is 0 Å². The van der Waals surface area contributed by atoms with E-state index in [1.807, 2.05) is 13.8 Å². The molecule has 2 N–H and O–H groups in total. The lowest BCUT2D eigenvalue weighted by atomic mass is 9.96. The van der Waals surface area contributed by atoms with Crippen LogP contribution in [0.15, 0.2) is 0 Å². The quantitative estimate of drug-likeness (QED) is 0.818. The Bertz CT molecular complexity index is 351. The monoisotopic (exact) mass is 284 g/mol. The summed E-state index contributed by atoms with van der Waals surface area (Å²) >= 11 is 0. The van der Waals surface area contributed by atoms with Gasteiger partial charge in [-0.3, -0.25) is 15.0 Å². The maximum absolute atomic E-state index is 11.7. The molecule has 1 saturated carbocycles. The van der Waals surface area contributed by atoms with Crippen molar-refractivity contribution in [2.24, 2.45) is 0 Å². The fourth-order valence-electron chi connectivity index (χ4n) is 3.79. The number of aliphatic carboxylic acids is 1. The molecule has 1 saturated heterocycles. The van der Waals surface area contributed by atoms with Crippen LogP contribution in [0.1, 0.15) is 47.0 Å². The summed E-state index contributed by atoms with van der Waals surface area (Å²) in [6.07, 6.45) is 2.82. The minimum absolute atomic E-state index is 0.187. The molecule has 0 amide bonds. The van der Waals surface area contributed by atoms with Gasteiger partial charge in [0.25, 0.3) is 0 Å².